The number of pyridine rings is 2. The number of hydrogen-bond acceptors (Lipinski definition) is 5. The van der Waals surface area contributed by atoms with Crippen LogP contribution in [0, 0.1) is 0 Å². The van der Waals surface area contributed by atoms with Gasteiger partial charge in [0.1, 0.15) is 11.1 Å². The van der Waals surface area contributed by atoms with Crippen LogP contribution >= 0.6 is 15.9 Å². The normalized spacial score (nSPS) is 26.1. The van der Waals surface area contributed by atoms with E-state index in [1.807, 2.05) is 19.1 Å². The van der Waals surface area contributed by atoms with Crippen LogP contribution in [0.3, 0.4) is 0 Å². The Kier molecular flexibility index (Phi) is 3.62. The minimum atomic E-state index is -0.828. The summed E-state index contributed by atoms with van der Waals surface area (Å²) in [6, 6.07) is 3.79. The third kappa shape index (κ3) is 2.51. The number of halogens is 1. The summed E-state index contributed by atoms with van der Waals surface area (Å²) in [5, 5.41) is 13.8. The number of aliphatic hydroxyl groups is 1. The zero-order valence-corrected chi connectivity index (χ0v) is 12.7. The van der Waals surface area contributed by atoms with Gasteiger partial charge in [-0.3, -0.25) is 9.97 Å². The predicted octanol–water partition coefficient (Wildman–Crippen LogP) is 2.34. The molecule has 0 aromatic carbocycles. The van der Waals surface area contributed by atoms with Gasteiger partial charge in [0.05, 0.1) is 17.3 Å². The van der Waals surface area contributed by atoms with Crippen molar-refractivity contribution in [1.82, 2.24) is 9.97 Å². The monoisotopic (exact) mass is 337 g/mol. The fourth-order valence-electron chi connectivity index (χ4n) is 2.40. The highest BCUT2D eigenvalue weighted by atomic mass is 79.9. The number of rotatable bonds is 3. The molecule has 6 heteroatoms. The molecule has 3 heterocycles. The van der Waals surface area contributed by atoms with Gasteiger partial charge in [-0.05, 0) is 35.0 Å². The highest BCUT2D eigenvalue weighted by Crippen LogP contribution is 2.27. The second kappa shape index (κ2) is 5.27. The molecule has 2 atom stereocenters. The molecule has 106 valence electrons. The van der Waals surface area contributed by atoms with Gasteiger partial charge < -0.3 is 15.2 Å². The zero-order chi connectivity index (χ0) is 14.2. The van der Waals surface area contributed by atoms with Crippen molar-refractivity contribution in [1.29, 1.82) is 0 Å². The maximum atomic E-state index is 10.5. The molecule has 0 radical (unpaired) electrons. The van der Waals surface area contributed by atoms with E-state index in [0.29, 0.717) is 19.6 Å². The molecule has 1 fully saturated rings. The summed E-state index contributed by atoms with van der Waals surface area (Å²) >= 11 is 3.39. The molecule has 2 aromatic heterocycles. The van der Waals surface area contributed by atoms with Crippen molar-refractivity contribution in [2.75, 3.05) is 18.5 Å². The van der Waals surface area contributed by atoms with E-state index < -0.39 is 5.60 Å². The first kappa shape index (κ1) is 13.7. The molecular formula is C14H16BrN3O2. The van der Waals surface area contributed by atoms with Crippen molar-refractivity contribution in [3.05, 3.63) is 29.0 Å². The van der Waals surface area contributed by atoms with Crippen LogP contribution in [0.2, 0.25) is 0 Å². The van der Waals surface area contributed by atoms with Crippen molar-refractivity contribution in [2.45, 2.75) is 25.0 Å². The Bertz CT molecular complexity index is 637. The van der Waals surface area contributed by atoms with Gasteiger partial charge in [0, 0.05) is 36.4 Å². The number of aromatic nitrogens is 2. The lowest BCUT2D eigenvalue weighted by Crippen LogP contribution is -2.43. The summed E-state index contributed by atoms with van der Waals surface area (Å²) in [6.07, 6.45) is 3.96. The van der Waals surface area contributed by atoms with Crippen molar-refractivity contribution in [2.24, 2.45) is 0 Å². The molecule has 0 bridgehead atoms. The molecule has 0 amide bonds. The minimum absolute atomic E-state index is 0.162. The molecular weight excluding hydrogens is 322 g/mol. The topological polar surface area (TPSA) is 67.3 Å². The average molecular weight is 338 g/mol. The Morgan fingerprint density at radius 3 is 3.15 bits per heavy atom. The van der Waals surface area contributed by atoms with Crippen LogP contribution in [0.5, 0.6) is 0 Å². The first-order valence-electron chi connectivity index (χ1n) is 6.57. The van der Waals surface area contributed by atoms with Gasteiger partial charge in [0.25, 0.3) is 0 Å². The van der Waals surface area contributed by atoms with Crippen LogP contribution < -0.4 is 5.32 Å². The molecule has 1 aliphatic heterocycles. The summed E-state index contributed by atoms with van der Waals surface area (Å²) in [7, 11) is 0. The minimum Gasteiger partial charge on any atom is -0.385 e. The van der Waals surface area contributed by atoms with Crippen molar-refractivity contribution >= 4 is 32.7 Å². The highest BCUT2D eigenvalue weighted by Gasteiger charge is 2.39. The van der Waals surface area contributed by atoms with Crippen LogP contribution in [-0.2, 0) is 4.74 Å². The highest BCUT2D eigenvalue weighted by molar-refractivity contribution is 9.10. The summed E-state index contributed by atoms with van der Waals surface area (Å²) in [5.74, 6) is 0. The second-order valence-electron chi connectivity index (χ2n) is 5.10. The summed E-state index contributed by atoms with van der Waals surface area (Å²) in [6.45, 7) is 2.93. The van der Waals surface area contributed by atoms with Crippen molar-refractivity contribution in [3.63, 3.8) is 0 Å². The summed E-state index contributed by atoms with van der Waals surface area (Å²) in [5.41, 5.74) is 1.65. The number of hydrogen-bond donors (Lipinski definition) is 2. The molecule has 2 aromatic rings. The molecule has 5 nitrogen and oxygen atoms in total. The van der Waals surface area contributed by atoms with Gasteiger partial charge in [-0.15, -0.1) is 0 Å². The van der Waals surface area contributed by atoms with Crippen molar-refractivity contribution in [3.8, 4) is 0 Å². The molecule has 20 heavy (non-hydrogen) atoms. The van der Waals surface area contributed by atoms with E-state index in [1.54, 1.807) is 12.4 Å². The molecule has 2 unspecified atom stereocenters. The van der Waals surface area contributed by atoms with E-state index in [4.69, 9.17) is 4.74 Å². The standard InChI is InChI=1S/C14H16BrN3O2/c1-9-14(19,3-5-20-9)8-18-11-2-4-16-12-6-10(15)7-17-13(11)12/h2,4,6-7,9,19H,3,5,8H2,1H3,(H,16,18). The van der Waals surface area contributed by atoms with Gasteiger partial charge in [-0.25, -0.2) is 0 Å². The van der Waals surface area contributed by atoms with Gasteiger partial charge in [0.15, 0.2) is 0 Å². The third-order valence-electron chi connectivity index (χ3n) is 3.79. The van der Waals surface area contributed by atoms with Gasteiger partial charge >= 0.3 is 0 Å². The average Bonchev–Trinajstić information content (AvgIpc) is 2.76. The molecule has 3 rings (SSSR count). The van der Waals surface area contributed by atoms with E-state index in [0.717, 1.165) is 21.2 Å². The molecule has 0 saturated carbocycles. The number of fused-ring (bicyclic) bond motifs is 1. The summed E-state index contributed by atoms with van der Waals surface area (Å²) in [4.78, 5) is 8.68. The number of anilines is 1. The van der Waals surface area contributed by atoms with Gasteiger partial charge in [0.2, 0.25) is 0 Å². The van der Waals surface area contributed by atoms with E-state index in [2.05, 4.69) is 31.2 Å². The molecule has 0 aliphatic carbocycles. The molecule has 1 aliphatic rings. The zero-order valence-electron chi connectivity index (χ0n) is 11.1. The fraction of sp³-hybridized carbons (Fsp3) is 0.429. The fourth-order valence-corrected chi connectivity index (χ4v) is 2.72. The Balaban J connectivity index is 1.84. The lowest BCUT2D eigenvalue weighted by molar-refractivity contribution is -0.0175. The lowest BCUT2D eigenvalue weighted by Gasteiger charge is -2.26. The maximum absolute atomic E-state index is 10.5. The second-order valence-corrected chi connectivity index (χ2v) is 6.02. The van der Waals surface area contributed by atoms with Crippen LogP contribution in [0.1, 0.15) is 13.3 Å². The van der Waals surface area contributed by atoms with Gasteiger partial charge in [-0.2, -0.15) is 0 Å². The SMILES string of the molecule is CC1OCCC1(O)CNc1ccnc2cc(Br)cnc12. The number of nitrogens with zero attached hydrogens (tertiary/aromatic N) is 2. The van der Waals surface area contributed by atoms with Gasteiger partial charge in [-0.1, -0.05) is 0 Å². The largest absolute Gasteiger partial charge is 0.385 e. The van der Waals surface area contributed by atoms with Crippen molar-refractivity contribution < 1.29 is 9.84 Å². The third-order valence-corrected chi connectivity index (χ3v) is 4.22. The smallest absolute Gasteiger partial charge is 0.112 e. The number of ether oxygens (including phenoxy) is 1. The molecule has 1 saturated heterocycles. The van der Waals surface area contributed by atoms with Crippen LogP contribution in [-0.4, -0.2) is 39.9 Å². The van der Waals surface area contributed by atoms with E-state index in [-0.39, 0.29) is 6.10 Å². The number of nitrogens with one attached hydrogen (secondary N) is 1. The Morgan fingerprint density at radius 1 is 1.55 bits per heavy atom. The maximum Gasteiger partial charge on any atom is 0.112 e. The van der Waals surface area contributed by atoms with E-state index in [9.17, 15) is 5.11 Å². The van der Waals surface area contributed by atoms with Crippen LogP contribution in [0.25, 0.3) is 11.0 Å². The molecule has 2 N–H and O–H groups in total. The molecule has 0 spiro atoms. The van der Waals surface area contributed by atoms with E-state index >= 15 is 0 Å². The lowest BCUT2D eigenvalue weighted by atomic mass is 9.96. The van der Waals surface area contributed by atoms with Crippen LogP contribution in [0.15, 0.2) is 29.0 Å². The van der Waals surface area contributed by atoms with Crippen LogP contribution in [0.4, 0.5) is 5.69 Å². The van der Waals surface area contributed by atoms with E-state index in [1.165, 1.54) is 0 Å². The Labute approximate surface area is 125 Å². The summed E-state index contributed by atoms with van der Waals surface area (Å²) < 4.78 is 6.33. The first-order valence-corrected chi connectivity index (χ1v) is 7.36. The first-order chi connectivity index (χ1) is 9.58. The quantitative estimate of drug-likeness (QED) is 0.899. The Morgan fingerprint density at radius 2 is 2.40 bits per heavy atom. The Hall–Kier alpha value is -1.24. The predicted molar refractivity (Wildman–Crippen MR) is 80.7 cm³/mol.